The van der Waals surface area contributed by atoms with Gasteiger partial charge >= 0.3 is 5.69 Å². The predicted molar refractivity (Wildman–Crippen MR) is 62.0 cm³/mol. The molecule has 0 aliphatic heterocycles. The first kappa shape index (κ1) is 14.0. The number of azide groups is 1. The van der Waals surface area contributed by atoms with Crippen molar-refractivity contribution in [2.75, 3.05) is 13.2 Å². The molecule has 0 aromatic carbocycles. The van der Waals surface area contributed by atoms with E-state index in [0.717, 1.165) is 4.57 Å². The highest BCUT2D eigenvalue weighted by atomic mass is 16.5. The molecule has 9 heteroatoms. The van der Waals surface area contributed by atoms with Gasteiger partial charge in [-0.3, -0.25) is 14.3 Å². The Morgan fingerprint density at radius 1 is 1.67 bits per heavy atom. The van der Waals surface area contributed by atoms with E-state index in [2.05, 4.69) is 15.0 Å². The minimum absolute atomic E-state index is 0.0376. The summed E-state index contributed by atoms with van der Waals surface area (Å²) in [5, 5.41) is 12.2. The summed E-state index contributed by atoms with van der Waals surface area (Å²) in [6.45, 7) is 1.03. The third kappa shape index (κ3) is 3.74. The summed E-state index contributed by atoms with van der Waals surface area (Å²) >= 11 is 0. The first-order valence-corrected chi connectivity index (χ1v) is 5.12. The van der Waals surface area contributed by atoms with Crippen molar-refractivity contribution in [2.24, 2.45) is 5.11 Å². The molecule has 0 amide bonds. The lowest BCUT2D eigenvalue weighted by atomic mass is 10.4. The fourth-order valence-corrected chi connectivity index (χ4v) is 1.19. The van der Waals surface area contributed by atoms with Crippen LogP contribution in [0.25, 0.3) is 10.4 Å². The summed E-state index contributed by atoms with van der Waals surface area (Å²) in [4.78, 5) is 27.2. The molecule has 0 aliphatic carbocycles. The number of aromatic amines is 1. The summed E-state index contributed by atoms with van der Waals surface area (Å²) in [5.74, 6) is 0. The fraction of sp³-hybridized carbons (Fsp3) is 0.556. The van der Waals surface area contributed by atoms with Crippen LogP contribution in [0.5, 0.6) is 0 Å². The number of ether oxygens (including phenoxy) is 1. The second-order valence-electron chi connectivity index (χ2n) is 3.55. The summed E-state index contributed by atoms with van der Waals surface area (Å²) in [6.07, 6.45) is 0.656. The number of nitrogens with one attached hydrogen (secondary N) is 1. The Bertz CT molecular complexity index is 557. The molecule has 0 fully saturated rings. The van der Waals surface area contributed by atoms with Crippen molar-refractivity contribution in [2.45, 2.75) is 19.8 Å². The number of aliphatic hydroxyl groups excluding tert-OH is 1. The number of aromatic nitrogens is 2. The van der Waals surface area contributed by atoms with Crippen molar-refractivity contribution in [3.05, 3.63) is 43.0 Å². The minimum atomic E-state index is -0.694. The maximum atomic E-state index is 11.4. The lowest BCUT2D eigenvalue weighted by Gasteiger charge is -2.13. The maximum absolute atomic E-state index is 11.4. The standard InChI is InChI=1S/C9H13N5O4/c1-6-3-14(9(17)12-8(6)16)5-18-7(4-15)2-11-13-10/h3,7,15H,2,4-5H2,1H3,(H,12,16,17). The Labute approximate surface area is 101 Å². The van der Waals surface area contributed by atoms with Gasteiger partial charge in [0.2, 0.25) is 0 Å². The van der Waals surface area contributed by atoms with E-state index in [4.69, 9.17) is 15.4 Å². The predicted octanol–water partition coefficient (Wildman–Crippen LogP) is -0.510. The zero-order chi connectivity index (χ0) is 13.5. The van der Waals surface area contributed by atoms with Crippen LogP contribution in [0, 0.1) is 6.92 Å². The average molecular weight is 255 g/mol. The number of H-pyrrole nitrogens is 1. The number of aryl methyl sites for hydroxylation is 1. The summed E-state index contributed by atoms with van der Waals surface area (Å²) in [5.41, 5.74) is 7.44. The van der Waals surface area contributed by atoms with Gasteiger partial charge in [-0.25, -0.2) is 4.79 Å². The van der Waals surface area contributed by atoms with Crippen LogP contribution in [0.2, 0.25) is 0 Å². The molecule has 9 nitrogen and oxygen atoms in total. The molecule has 0 saturated heterocycles. The van der Waals surface area contributed by atoms with Crippen molar-refractivity contribution in [3.8, 4) is 0 Å². The molecular formula is C9H13N5O4. The molecule has 1 atom stereocenters. The minimum Gasteiger partial charge on any atom is -0.394 e. The van der Waals surface area contributed by atoms with Crippen LogP contribution < -0.4 is 11.2 Å². The summed E-state index contributed by atoms with van der Waals surface area (Å²) in [6, 6.07) is 0. The van der Waals surface area contributed by atoms with Crippen LogP contribution >= 0.6 is 0 Å². The van der Waals surface area contributed by atoms with Gasteiger partial charge in [0.05, 0.1) is 19.3 Å². The molecular weight excluding hydrogens is 242 g/mol. The van der Waals surface area contributed by atoms with Gasteiger partial charge in [-0.05, 0) is 12.5 Å². The molecule has 1 rings (SSSR count). The van der Waals surface area contributed by atoms with Crippen LogP contribution in [0.1, 0.15) is 5.56 Å². The Morgan fingerprint density at radius 3 is 3.00 bits per heavy atom. The van der Waals surface area contributed by atoms with E-state index in [1.165, 1.54) is 6.20 Å². The smallest absolute Gasteiger partial charge is 0.330 e. The van der Waals surface area contributed by atoms with E-state index in [0.29, 0.717) is 5.56 Å². The van der Waals surface area contributed by atoms with Gasteiger partial charge in [-0.2, -0.15) is 0 Å². The number of aliphatic hydroxyl groups is 1. The Hall–Kier alpha value is -2.09. The third-order valence-electron chi connectivity index (χ3n) is 2.19. The van der Waals surface area contributed by atoms with E-state index in [1.807, 2.05) is 0 Å². The van der Waals surface area contributed by atoms with Crippen molar-refractivity contribution < 1.29 is 9.84 Å². The zero-order valence-electron chi connectivity index (χ0n) is 9.74. The van der Waals surface area contributed by atoms with Crippen molar-refractivity contribution in [3.63, 3.8) is 0 Å². The van der Waals surface area contributed by atoms with Gasteiger partial charge in [0.25, 0.3) is 5.56 Å². The maximum Gasteiger partial charge on any atom is 0.330 e. The van der Waals surface area contributed by atoms with Crippen LogP contribution in [-0.4, -0.2) is 33.9 Å². The number of hydrogen-bond donors (Lipinski definition) is 2. The largest absolute Gasteiger partial charge is 0.394 e. The Kier molecular flexibility index (Phi) is 5.12. The normalized spacial score (nSPS) is 11.9. The molecule has 0 saturated carbocycles. The SMILES string of the molecule is Cc1cn(COC(CO)CN=[N+]=[N-])c(=O)[nH]c1=O. The van der Waals surface area contributed by atoms with Gasteiger partial charge in [0.15, 0.2) is 0 Å². The van der Waals surface area contributed by atoms with Gasteiger partial charge in [-0.15, -0.1) is 0 Å². The second-order valence-corrected chi connectivity index (χ2v) is 3.55. The first-order chi connectivity index (χ1) is 8.58. The molecule has 18 heavy (non-hydrogen) atoms. The number of hydrogen-bond acceptors (Lipinski definition) is 5. The fourth-order valence-electron chi connectivity index (χ4n) is 1.19. The van der Waals surface area contributed by atoms with E-state index >= 15 is 0 Å². The molecule has 1 heterocycles. The molecule has 0 aliphatic rings. The third-order valence-corrected chi connectivity index (χ3v) is 2.19. The van der Waals surface area contributed by atoms with E-state index in [1.54, 1.807) is 6.92 Å². The summed E-state index contributed by atoms with van der Waals surface area (Å²) in [7, 11) is 0. The highest BCUT2D eigenvalue weighted by molar-refractivity contribution is 5.00. The van der Waals surface area contributed by atoms with Crippen LogP contribution in [-0.2, 0) is 11.5 Å². The van der Waals surface area contributed by atoms with Gasteiger partial charge in [0, 0.05) is 16.7 Å². The van der Waals surface area contributed by atoms with Gasteiger partial charge < -0.3 is 9.84 Å². The molecule has 0 spiro atoms. The van der Waals surface area contributed by atoms with Gasteiger partial charge in [-0.1, -0.05) is 5.11 Å². The topological polar surface area (TPSA) is 133 Å². The highest BCUT2D eigenvalue weighted by Gasteiger charge is 2.08. The van der Waals surface area contributed by atoms with Gasteiger partial charge in [0.1, 0.15) is 6.73 Å². The Balaban J connectivity index is 2.73. The Morgan fingerprint density at radius 2 is 2.39 bits per heavy atom. The highest BCUT2D eigenvalue weighted by Crippen LogP contribution is 1.95. The van der Waals surface area contributed by atoms with E-state index in [-0.39, 0.29) is 19.9 Å². The lowest BCUT2D eigenvalue weighted by molar-refractivity contribution is -0.0199. The number of nitrogens with zero attached hydrogens (tertiary/aromatic N) is 4. The van der Waals surface area contributed by atoms with Crippen molar-refractivity contribution >= 4 is 0 Å². The molecule has 2 N–H and O–H groups in total. The average Bonchev–Trinajstić information content (AvgIpc) is 2.35. The summed E-state index contributed by atoms with van der Waals surface area (Å²) < 4.78 is 6.33. The van der Waals surface area contributed by atoms with E-state index in [9.17, 15) is 9.59 Å². The van der Waals surface area contributed by atoms with Crippen LogP contribution in [0.3, 0.4) is 0 Å². The van der Waals surface area contributed by atoms with Crippen molar-refractivity contribution in [1.29, 1.82) is 0 Å². The van der Waals surface area contributed by atoms with E-state index < -0.39 is 17.4 Å². The molecule has 98 valence electrons. The molecule has 0 bridgehead atoms. The molecule has 1 aromatic heterocycles. The molecule has 1 aromatic rings. The first-order valence-electron chi connectivity index (χ1n) is 5.12. The number of rotatable bonds is 6. The van der Waals surface area contributed by atoms with Crippen LogP contribution in [0.15, 0.2) is 20.9 Å². The second kappa shape index (κ2) is 6.60. The van der Waals surface area contributed by atoms with Crippen LogP contribution in [0.4, 0.5) is 0 Å². The molecule has 1 unspecified atom stereocenters. The zero-order valence-corrected chi connectivity index (χ0v) is 9.74. The monoisotopic (exact) mass is 255 g/mol. The quantitative estimate of drug-likeness (QED) is 0.402. The van der Waals surface area contributed by atoms with Crippen molar-refractivity contribution in [1.82, 2.24) is 9.55 Å². The lowest BCUT2D eigenvalue weighted by Crippen LogP contribution is -2.33. The molecule has 0 radical (unpaired) electrons.